The van der Waals surface area contributed by atoms with E-state index in [-0.39, 0.29) is 16.3 Å². The monoisotopic (exact) mass is 447 g/mol. The van der Waals surface area contributed by atoms with Crippen molar-refractivity contribution in [2.45, 2.75) is 18.7 Å². The summed E-state index contributed by atoms with van der Waals surface area (Å²) in [5.74, 6) is -0.234. The summed E-state index contributed by atoms with van der Waals surface area (Å²) in [6, 6.07) is 18.2. The van der Waals surface area contributed by atoms with Crippen molar-refractivity contribution in [2.24, 2.45) is 10.1 Å². The summed E-state index contributed by atoms with van der Waals surface area (Å²) in [5.41, 5.74) is 3.11. The first kappa shape index (κ1) is 21.5. The van der Waals surface area contributed by atoms with Gasteiger partial charge in [-0.3, -0.25) is 9.79 Å². The van der Waals surface area contributed by atoms with Gasteiger partial charge in [-0.25, -0.2) is 18.1 Å². The number of aromatic nitrogens is 1. The van der Waals surface area contributed by atoms with Gasteiger partial charge < -0.3 is 5.11 Å². The molecule has 0 atom stereocenters. The lowest BCUT2D eigenvalue weighted by atomic mass is 10.1. The number of aromatic hydroxyl groups is 1. The molecule has 0 aliphatic heterocycles. The van der Waals surface area contributed by atoms with Crippen molar-refractivity contribution in [3.8, 4) is 11.6 Å². The molecule has 0 bridgehead atoms. The molecule has 0 saturated heterocycles. The van der Waals surface area contributed by atoms with Crippen molar-refractivity contribution >= 4 is 32.7 Å². The number of aliphatic imine (C=N–C) groups is 1. The molecule has 162 valence electrons. The van der Waals surface area contributed by atoms with Gasteiger partial charge in [0, 0.05) is 17.0 Å². The molecule has 3 N–H and O–H groups in total. The second-order valence-electron chi connectivity index (χ2n) is 7.49. The highest BCUT2D eigenvalue weighted by Gasteiger charge is 2.16. The van der Waals surface area contributed by atoms with Crippen molar-refractivity contribution in [3.63, 3.8) is 0 Å². The molecule has 0 spiro atoms. The topological polar surface area (TPSA) is 115 Å². The zero-order valence-electron chi connectivity index (χ0n) is 17.5. The van der Waals surface area contributed by atoms with Crippen LogP contribution in [0, 0.1) is 13.8 Å². The number of rotatable bonds is 4. The Kier molecular flexibility index (Phi) is 5.41. The molecule has 0 aliphatic rings. The average molecular weight is 448 g/mol. The first-order valence-electron chi connectivity index (χ1n) is 9.78. The van der Waals surface area contributed by atoms with E-state index in [0.717, 1.165) is 11.1 Å². The number of aryl methyl sites for hydroxylation is 2. The van der Waals surface area contributed by atoms with Gasteiger partial charge in [-0.2, -0.15) is 0 Å². The lowest BCUT2D eigenvalue weighted by Gasteiger charge is -2.14. The molecule has 1 heterocycles. The Bertz CT molecular complexity index is 1540. The van der Waals surface area contributed by atoms with Crippen molar-refractivity contribution < 1.29 is 13.5 Å². The summed E-state index contributed by atoms with van der Waals surface area (Å²) in [7, 11) is -3.80. The van der Waals surface area contributed by atoms with Crippen LogP contribution >= 0.6 is 0 Å². The summed E-state index contributed by atoms with van der Waals surface area (Å²) >= 11 is 0. The third-order valence-corrected chi connectivity index (χ3v) is 6.29. The Morgan fingerprint density at radius 2 is 1.59 bits per heavy atom. The van der Waals surface area contributed by atoms with Crippen LogP contribution in [0.25, 0.3) is 16.5 Å². The zero-order valence-corrected chi connectivity index (χ0v) is 18.3. The molecule has 4 aromatic rings. The summed E-state index contributed by atoms with van der Waals surface area (Å²) in [6.07, 6.45) is 1.46. The van der Waals surface area contributed by atoms with E-state index in [1.165, 1.54) is 35.0 Å². The lowest BCUT2D eigenvalue weighted by molar-refractivity contribution is 0.436. The Morgan fingerprint density at radius 3 is 2.22 bits per heavy atom. The molecule has 7 nitrogen and oxygen atoms in total. The third-order valence-electron chi connectivity index (χ3n) is 5.36. The number of nitrogens with zero attached hydrogens (tertiary/aromatic N) is 2. The molecule has 4 rings (SSSR count). The van der Waals surface area contributed by atoms with E-state index in [4.69, 9.17) is 5.14 Å². The maximum Gasteiger partial charge on any atom is 0.265 e. The highest BCUT2D eigenvalue weighted by atomic mass is 32.2. The fourth-order valence-electron chi connectivity index (χ4n) is 3.45. The second-order valence-corrected chi connectivity index (χ2v) is 9.05. The van der Waals surface area contributed by atoms with Gasteiger partial charge in [0.2, 0.25) is 15.9 Å². The Balaban J connectivity index is 1.90. The highest BCUT2D eigenvalue weighted by molar-refractivity contribution is 7.89. The van der Waals surface area contributed by atoms with Gasteiger partial charge in [0.25, 0.3) is 5.56 Å². The van der Waals surface area contributed by atoms with Crippen LogP contribution in [-0.2, 0) is 10.0 Å². The molecule has 1 aromatic heterocycles. The van der Waals surface area contributed by atoms with Gasteiger partial charge in [-0.1, -0.05) is 24.3 Å². The lowest BCUT2D eigenvalue weighted by Crippen LogP contribution is -2.20. The molecule has 0 aliphatic carbocycles. The fourth-order valence-corrected chi connectivity index (χ4v) is 3.97. The molecule has 3 aromatic carbocycles. The predicted molar refractivity (Wildman–Crippen MR) is 126 cm³/mol. The largest absolute Gasteiger partial charge is 0.494 e. The average Bonchev–Trinajstić information content (AvgIpc) is 2.76. The van der Waals surface area contributed by atoms with Gasteiger partial charge in [0.1, 0.15) is 0 Å². The van der Waals surface area contributed by atoms with Crippen molar-refractivity contribution in [1.82, 2.24) is 4.57 Å². The van der Waals surface area contributed by atoms with E-state index in [2.05, 4.69) is 4.99 Å². The zero-order chi connectivity index (χ0) is 23.0. The van der Waals surface area contributed by atoms with Gasteiger partial charge in [0.15, 0.2) is 0 Å². The SMILES string of the molecule is Cc1ccc(-n2c(O)c(C=Nc3ccc(S(N)(=O)=O)cc3)c3ccccc3c2=O)cc1C. The summed E-state index contributed by atoms with van der Waals surface area (Å²) in [4.78, 5) is 17.5. The van der Waals surface area contributed by atoms with Crippen LogP contribution in [0.4, 0.5) is 5.69 Å². The van der Waals surface area contributed by atoms with Crippen molar-refractivity contribution in [1.29, 1.82) is 0 Å². The number of fused-ring (bicyclic) bond motifs is 1. The summed E-state index contributed by atoms with van der Waals surface area (Å²) in [5, 5.41) is 17.2. The van der Waals surface area contributed by atoms with Gasteiger partial charge >= 0.3 is 0 Å². The first-order chi connectivity index (χ1) is 15.2. The van der Waals surface area contributed by atoms with Crippen molar-refractivity contribution in [3.05, 3.63) is 93.8 Å². The summed E-state index contributed by atoms with van der Waals surface area (Å²) in [6.45, 7) is 3.91. The van der Waals surface area contributed by atoms with Gasteiger partial charge in [0.05, 0.1) is 21.8 Å². The fraction of sp³-hybridized carbons (Fsp3) is 0.0833. The maximum atomic E-state index is 13.2. The second kappa shape index (κ2) is 8.07. The van der Waals surface area contributed by atoms with Crippen LogP contribution in [0.2, 0.25) is 0 Å². The quantitative estimate of drug-likeness (QED) is 0.464. The molecule has 8 heteroatoms. The molecule has 0 fully saturated rings. The number of hydrogen-bond donors (Lipinski definition) is 2. The minimum atomic E-state index is -3.80. The van der Waals surface area contributed by atoms with E-state index < -0.39 is 10.0 Å². The molecular formula is C24H21N3O4S. The van der Waals surface area contributed by atoms with E-state index in [1.807, 2.05) is 26.0 Å². The van der Waals surface area contributed by atoms with Crippen LogP contribution in [-0.4, -0.2) is 24.3 Å². The number of nitrogens with two attached hydrogens (primary N) is 1. The van der Waals surface area contributed by atoms with E-state index >= 15 is 0 Å². The third kappa shape index (κ3) is 3.93. The molecule has 0 saturated carbocycles. The minimum Gasteiger partial charge on any atom is -0.494 e. The van der Waals surface area contributed by atoms with E-state index in [1.54, 1.807) is 30.3 Å². The van der Waals surface area contributed by atoms with Crippen LogP contribution in [0.5, 0.6) is 5.88 Å². The van der Waals surface area contributed by atoms with Crippen LogP contribution in [0.1, 0.15) is 16.7 Å². The van der Waals surface area contributed by atoms with Crippen molar-refractivity contribution in [2.75, 3.05) is 0 Å². The molecule has 0 radical (unpaired) electrons. The van der Waals surface area contributed by atoms with E-state index in [0.29, 0.717) is 27.7 Å². The Hall–Kier alpha value is -3.75. The molecular weight excluding hydrogens is 426 g/mol. The van der Waals surface area contributed by atoms with Crippen LogP contribution < -0.4 is 10.7 Å². The first-order valence-corrected chi connectivity index (χ1v) is 11.3. The van der Waals surface area contributed by atoms with Gasteiger partial charge in [-0.15, -0.1) is 0 Å². The number of primary sulfonamides is 1. The molecule has 32 heavy (non-hydrogen) atoms. The number of benzene rings is 3. The number of pyridine rings is 1. The van der Waals surface area contributed by atoms with Crippen LogP contribution in [0.15, 0.2) is 81.4 Å². The Labute approximate surface area is 185 Å². The maximum absolute atomic E-state index is 13.2. The Morgan fingerprint density at radius 1 is 0.938 bits per heavy atom. The normalized spacial score (nSPS) is 12.0. The predicted octanol–water partition coefficient (Wildman–Crippen LogP) is 3.71. The minimum absolute atomic E-state index is 0.0203. The highest BCUT2D eigenvalue weighted by Crippen LogP contribution is 2.27. The summed E-state index contributed by atoms with van der Waals surface area (Å²) < 4.78 is 24.1. The molecule has 0 amide bonds. The van der Waals surface area contributed by atoms with E-state index in [9.17, 15) is 18.3 Å². The van der Waals surface area contributed by atoms with Crippen LogP contribution in [0.3, 0.4) is 0 Å². The molecule has 0 unspecified atom stereocenters. The smallest absolute Gasteiger partial charge is 0.265 e. The number of hydrogen-bond acceptors (Lipinski definition) is 5. The number of sulfonamides is 1. The van der Waals surface area contributed by atoms with Gasteiger partial charge in [-0.05, 0) is 67.4 Å². The standard InChI is InChI=1S/C24H21N3O4S/c1-15-7-10-18(13-16(15)2)27-23(28)21-6-4-3-5-20(21)22(24(27)29)14-26-17-8-11-19(12-9-17)32(25,30)31/h3-14,29H,1-2H3,(H2,25,30,31).